The van der Waals surface area contributed by atoms with Gasteiger partial charge in [0.1, 0.15) is 11.6 Å². The van der Waals surface area contributed by atoms with Crippen LogP contribution in [-0.4, -0.2) is 72.0 Å². The van der Waals surface area contributed by atoms with Crippen LogP contribution in [0.5, 0.6) is 0 Å². The summed E-state index contributed by atoms with van der Waals surface area (Å²) in [5.41, 5.74) is 1.03. The summed E-state index contributed by atoms with van der Waals surface area (Å²) in [5.74, 6) is 0.934. The molecular weight excluding hydrogens is 336 g/mol. The SMILES string of the molecule is CSCc1nc(CCNC(=O)N2CCN3C(=O)OC[C@H]3C2)cs1. The second-order valence-electron chi connectivity index (χ2n) is 5.52. The Hall–Kier alpha value is -1.48. The summed E-state index contributed by atoms with van der Waals surface area (Å²) in [6.45, 7) is 2.57. The van der Waals surface area contributed by atoms with Crippen molar-refractivity contribution in [2.75, 3.05) is 39.0 Å². The molecule has 7 nitrogen and oxygen atoms in total. The summed E-state index contributed by atoms with van der Waals surface area (Å²) in [6, 6.07) is -0.0850. The van der Waals surface area contributed by atoms with Crippen molar-refractivity contribution < 1.29 is 14.3 Å². The fraction of sp³-hybridized carbons (Fsp3) is 0.643. The monoisotopic (exact) mass is 356 g/mol. The minimum Gasteiger partial charge on any atom is -0.447 e. The van der Waals surface area contributed by atoms with Crippen molar-refractivity contribution >= 4 is 35.2 Å². The van der Waals surface area contributed by atoms with E-state index in [-0.39, 0.29) is 18.2 Å². The van der Waals surface area contributed by atoms with Crippen LogP contribution in [0.25, 0.3) is 0 Å². The molecule has 23 heavy (non-hydrogen) atoms. The number of hydrogen-bond acceptors (Lipinski definition) is 6. The summed E-state index contributed by atoms with van der Waals surface area (Å²) in [4.78, 5) is 31.6. The lowest BCUT2D eigenvalue weighted by molar-refractivity contribution is 0.127. The van der Waals surface area contributed by atoms with Crippen LogP contribution in [0.15, 0.2) is 5.38 Å². The Bertz CT molecular complexity index is 580. The van der Waals surface area contributed by atoms with E-state index in [1.54, 1.807) is 32.9 Å². The highest BCUT2D eigenvalue weighted by Gasteiger charge is 2.38. The third-order valence-electron chi connectivity index (χ3n) is 3.93. The van der Waals surface area contributed by atoms with Crippen molar-refractivity contribution in [2.45, 2.75) is 18.2 Å². The predicted molar refractivity (Wildman–Crippen MR) is 89.9 cm³/mol. The molecule has 1 N–H and O–H groups in total. The minimum atomic E-state index is -0.264. The van der Waals surface area contributed by atoms with E-state index in [9.17, 15) is 9.59 Å². The van der Waals surface area contributed by atoms with Crippen molar-refractivity contribution in [2.24, 2.45) is 0 Å². The number of thioether (sulfide) groups is 1. The molecule has 2 fully saturated rings. The lowest BCUT2D eigenvalue weighted by atomic mass is 10.2. The highest BCUT2D eigenvalue weighted by molar-refractivity contribution is 7.97. The molecule has 0 unspecified atom stereocenters. The highest BCUT2D eigenvalue weighted by atomic mass is 32.2. The second-order valence-corrected chi connectivity index (χ2v) is 7.33. The number of carbonyl (C=O) groups is 2. The number of carbonyl (C=O) groups excluding carboxylic acids is 2. The molecule has 1 aromatic rings. The first-order valence-corrected chi connectivity index (χ1v) is 9.83. The maximum Gasteiger partial charge on any atom is 0.410 e. The van der Waals surface area contributed by atoms with E-state index < -0.39 is 0 Å². The largest absolute Gasteiger partial charge is 0.447 e. The molecule has 0 bridgehead atoms. The van der Waals surface area contributed by atoms with Crippen molar-refractivity contribution in [3.05, 3.63) is 16.1 Å². The maximum atomic E-state index is 12.2. The fourth-order valence-corrected chi connectivity index (χ4v) is 4.29. The Kier molecular flexibility index (Phi) is 5.27. The van der Waals surface area contributed by atoms with Crippen molar-refractivity contribution in [1.29, 1.82) is 0 Å². The second kappa shape index (κ2) is 7.39. The molecule has 0 aliphatic carbocycles. The molecule has 1 atom stereocenters. The number of fused-ring (bicyclic) bond motifs is 1. The van der Waals surface area contributed by atoms with Gasteiger partial charge in [-0.25, -0.2) is 14.6 Å². The number of amides is 3. The molecule has 0 radical (unpaired) electrons. The normalized spacial score (nSPS) is 20.4. The van der Waals surface area contributed by atoms with Gasteiger partial charge >= 0.3 is 12.1 Å². The number of thiazole rings is 1. The van der Waals surface area contributed by atoms with Crippen LogP contribution in [0.1, 0.15) is 10.7 Å². The number of aromatic nitrogens is 1. The Morgan fingerprint density at radius 2 is 2.43 bits per heavy atom. The van der Waals surface area contributed by atoms with E-state index in [1.165, 1.54) is 0 Å². The van der Waals surface area contributed by atoms with Crippen LogP contribution in [0.2, 0.25) is 0 Å². The highest BCUT2D eigenvalue weighted by Crippen LogP contribution is 2.18. The number of rotatable bonds is 5. The summed E-state index contributed by atoms with van der Waals surface area (Å²) < 4.78 is 5.01. The molecule has 0 aromatic carbocycles. The van der Waals surface area contributed by atoms with Crippen LogP contribution in [0, 0.1) is 0 Å². The molecule has 0 saturated carbocycles. The third kappa shape index (κ3) is 3.89. The van der Waals surface area contributed by atoms with Gasteiger partial charge in [0.25, 0.3) is 0 Å². The van der Waals surface area contributed by atoms with E-state index in [0.29, 0.717) is 32.8 Å². The van der Waals surface area contributed by atoms with Gasteiger partial charge in [0.15, 0.2) is 0 Å². The van der Waals surface area contributed by atoms with E-state index in [1.807, 2.05) is 0 Å². The molecule has 3 rings (SSSR count). The topological polar surface area (TPSA) is 74.8 Å². The molecule has 0 spiro atoms. The van der Waals surface area contributed by atoms with Gasteiger partial charge in [-0.2, -0.15) is 11.8 Å². The van der Waals surface area contributed by atoms with Crippen LogP contribution in [0.3, 0.4) is 0 Å². The van der Waals surface area contributed by atoms with E-state index in [2.05, 4.69) is 21.9 Å². The maximum absolute atomic E-state index is 12.2. The molecule has 126 valence electrons. The van der Waals surface area contributed by atoms with Gasteiger partial charge < -0.3 is 15.0 Å². The first-order valence-electron chi connectivity index (χ1n) is 7.55. The fourth-order valence-electron chi connectivity index (χ4n) is 2.74. The van der Waals surface area contributed by atoms with Gasteiger partial charge in [-0.1, -0.05) is 0 Å². The predicted octanol–water partition coefficient (Wildman–Crippen LogP) is 1.39. The summed E-state index contributed by atoms with van der Waals surface area (Å²) >= 11 is 3.42. The first kappa shape index (κ1) is 16.4. The molecule has 1 aromatic heterocycles. The van der Waals surface area contributed by atoms with Gasteiger partial charge in [0, 0.05) is 43.7 Å². The van der Waals surface area contributed by atoms with E-state index in [4.69, 9.17) is 4.74 Å². The number of nitrogens with one attached hydrogen (secondary N) is 1. The van der Waals surface area contributed by atoms with Gasteiger partial charge in [-0.15, -0.1) is 11.3 Å². The lowest BCUT2D eigenvalue weighted by Crippen LogP contribution is -2.56. The summed E-state index contributed by atoms with van der Waals surface area (Å²) in [7, 11) is 0. The van der Waals surface area contributed by atoms with Gasteiger partial charge in [-0.3, -0.25) is 4.90 Å². The molecule has 3 heterocycles. The standard InChI is InChI=1S/C14H20N4O3S2/c1-22-9-12-16-10(8-23-12)2-3-15-13(19)17-4-5-18-11(6-17)7-21-14(18)20/h8,11H,2-7,9H2,1H3,(H,15,19)/t11-/m1/s1. The van der Waals surface area contributed by atoms with Crippen LogP contribution >= 0.6 is 23.1 Å². The van der Waals surface area contributed by atoms with Gasteiger partial charge in [0.2, 0.25) is 0 Å². The zero-order valence-electron chi connectivity index (χ0n) is 13.0. The molecule has 9 heteroatoms. The van der Waals surface area contributed by atoms with Gasteiger partial charge in [-0.05, 0) is 6.26 Å². The summed E-state index contributed by atoms with van der Waals surface area (Å²) in [6.07, 6.45) is 2.53. The number of piperazine rings is 1. The number of hydrogen-bond donors (Lipinski definition) is 1. The Morgan fingerprint density at radius 1 is 1.57 bits per heavy atom. The zero-order chi connectivity index (χ0) is 16.2. The third-order valence-corrected chi connectivity index (χ3v) is 5.57. The molecule has 2 aliphatic rings. The van der Waals surface area contributed by atoms with Gasteiger partial charge in [0.05, 0.1) is 11.7 Å². The molecule has 2 saturated heterocycles. The Balaban J connectivity index is 1.42. The van der Waals surface area contributed by atoms with Crippen molar-refractivity contribution in [1.82, 2.24) is 20.1 Å². The van der Waals surface area contributed by atoms with Crippen LogP contribution in [0.4, 0.5) is 9.59 Å². The van der Waals surface area contributed by atoms with Crippen molar-refractivity contribution in [3.8, 4) is 0 Å². The zero-order valence-corrected chi connectivity index (χ0v) is 14.6. The minimum absolute atomic E-state index is 0.00496. The van der Waals surface area contributed by atoms with Crippen molar-refractivity contribution in [3.63, 3.8) is 0 Å². The molecule has 2 aliphatic heterocycles. The Morgan fingerprint density at radius 3 is 3.26 bits per heavy atom. The number of urea groups is 1. The average Bonchev–Trinajstić information content (AvgIpc) is 3.14. The van der Waals surface area contributed by atoms with E-state index in [0.717, 1.165) is 22.9 Å². The number of ether oxygens (including phenoxy) is 1. The molecule has 3 amide bonds. The molecular formula is C14H20N4O3S2. The number of nitrogens with zero attached hydrogens (tertiary/aromatic N) is 3. The van der Waals surface area contributed by atoms with E-state index >= 15 is 0 Å². The Labute approximate surface area is 143 Å². The summed E-state index contributed by atoms with van der Waals surface area (Å²) in [5, 5.41) is 6.11. The lowest BCUT2D eigenvalue weighted by Gasteiger charge is -2.35. The average molecular weight is 356 g/mol. The number of cyclic esters (lactones) is 1. The van der Waals surface area contributed by atoms with Crippen LogP contribution in [-0.2, 0) is 16.9 Å². The smallest absolute Gasteiger partial charge is 0.410 e. The quantitative estimate of drug-likeness (QED) is 0.863. The first-order chi connectivity index (χ1) is 11.2. The van der Waals surface area contributed by atoms with Crippen LogP contribution < -0.4 is 5.32 Å².